The first-order valence-electron chi connectivity index (χ1n) is 5.51. The molecule has 0 unspecified atom stereocenters. The van der Waals surface area contributed by atoms with Gasteiger partial charge in [-0.2, -0.15) is 0 Å². The first-order valence-corrected chi connectivity index (χ1v) is 5.51. The summed E-state index contributed by atoms with van der Waals surface area (Å²) in [5, 5.41) is 8.93. The van der Waals surface area contributed by atoms with Crippen LogP contribution < -0.4 is 10.9 Å². The predicted octanol–water partition coefficient (Wildman–Crippen LogP) is -0.860. The van der Waals surface area contributed by atoms with Crippen molar-refractivity contribution in [2.24, 2.45) is 5.92 Å². The maximum Gasteiger partial charge on any atom is 0.239 e. The Bertz CT molecular complexity index is 282. The Balaban J connectivity index is 2.01. The third kappa shape index (κ3) is 2.20. The Hall–Kier alpha value is -0.690. The lowest BCUT2D eigenvalue weighted by molar-refractivity contribution is -0.143. The van der Waals surface area contributed by atoms with E-state index in [-0.39, 0.29) is 30.6 Å². The van der Waals surface area contributed by atoms with E-state index in [1.54, 1.807) is 0 Å². The molecule has 2 aliphatic rings. The lowest BCUT2D eigenvalue weighted by atomic mass is 9.94. The second kappa shape index (κ2) is 4.29. The number of amides is 1. The molecule has 3 atom stereocenters. The molecule has 0 aromatic carbocycles. The quantitative estimate of drug-likeness (QED) is 0.588. The van der Waals surface area contributed by atoms with Crippen LogP contribution in [-0.2, 0) is 14.3 Å². The maximum absolute atomic E-state index is 11.5. The van der Waals surface area contributed by atoms with E-state index in [4.69, 9.17) is 14.6 Å². The summed E-state index contributed by atoms with van der Waals surface area (Å²) in [6.45, 7) is 4.14. The molecular weight excluding hydrogens is 212 g/mol. The fourth-order valence-corrected chi connectivity index (χ4v) is 2.21. The summed E-state index contributed by atoms with van der Waals surface area (Å²) in [4.78, 5) is 11.5. The molecule has 2 saturated heterocycles. The maximum atomic E-state index is 11.5. The Labute approximate surface area is 94.3 Å². The molecule has 2 heterocycles. The molecule has 0 bridgehead atoms. The second-order valence-corrected chi connectivity index (χ2v) is 4.65. The number of hydrogen-bond acceptors (Lipinski definition) is 5. The highest BCUT2D eigenvalue weighted by Crippen LogP contribution is 2.28. The van der Waals surface area contributed by atoms with E-state index < -0.39 is 5.79 Å². The molecule has 2 aliphatic heterocycles. The van der Waals surface area contributed by atoms with E-state index in [0.29, 0.717) is 13.0 Å². The molecule has 92 valence electrons. The van der Waals surface area contributed by atoms with Crippen molar-refractivity contribution in [3.63, 3.8) is 0 Å². The normalized spacial score (nSPS) is 37.7. The van der Waals surface area contributed by atoms with Crippen molar-refractivity contribution in [1.82, 2.24) is 10.9 Å². The van der Waals surface area contributed by atoms with Gasteiger partial charge in [0, 0.05) is 6.61 Å². The van der Waals surface area contributed by atoms with Crippen LogP contribution in [0.25, 0.3) is 0 Å². The molecule has 3 N–H and O–H groups in total. The van der Waals surface area contributed by atoms with Crippen LogP contribution in [0.5, 0.6) is 0 Å². The van der Waals surface area contributed by atoms with E-state index in [0.717, 1.165) is 0 Å². The van der Waals surface area contributed by atoms with Crippen molar-refractivity contribution in [3.05, 3.63) is 0 Å². The van der Waals surface area contributed by atoms with E-state index in [1.165, 1.54) is 0 Å². The summed E-state index contributed by atoms with van der Waals surface area (Å²) in [5.41, 5.74) is 5.48. The Morgan fingerprint density at radius 2 is 2.31 bits per heavy atom. The Morgan fingerprint density at radius 3 is 2.88 bits per heavy atom. The number of hydrazine groups is 1. The van der Waals surface area contributed by atoms with Gasteiger partial charge in [-0.3, -0.25) is 10.2 Å². The summed E-state index contributed by atoms with van der Waals surface area (Å²) in [5.74, 6) is -0.943. The second-order valence-electron chi connectivity index (χ2n) is 4.65. The molecule has 2 rings (SSSR count). The SMILES string of the molecule is CC1(C)OC[C@H]([C@@H]2NNC(=O)[C@H]2CCO)O1. The highest BCUT2D eigenvalue weighted by molar-refractivity contribution is 5.81. The number of aliphatic hydroxyl groups excluding tert-OH is 1. The largest absolute Gasteiger partial charge is 0.396 e. The van der Waals surface area contributed by atoms with Crippen LogP contribution in [0, 0.1) is 5.92 Å². The van der Waals surface area contributed by atoms with Gasteiger partial charge in [0.25, 0.3) is 0 Å². The van der Waals surface area contributed by atoms with Crippen molar-refractivity contribution in [2.75, 3.05) is 13.2 Å². The van der Waals surface area contributed by atoms with Gasteiger partial charge in [0.1, 0.15) is 6.10 Å². The van der Waals surface area contributed by atoms with Crippen LogP contribution in [0.15, 0.2) is 0 Å². The summed E-state index contributed by atoms with van der Waals surface area (Å²) < 4.78 is 11.2. The van der Waals surface area contributed by atoms with Crippen LogP contribution >= 0.6 is 0 Å². The molecule has 0 saturated carbocycles. The third-order valence-corrected chi connectivity index (χ3v) is 3.00. The first kappa shape index (κ1) is 11.8. The molecule has 16 heavy (non-hydrogen) atoms. The average molecular weight is 230 g/mol. The lowest BCUT2D eigenvalue weighted by Crippen LogP contribution is -2.43. The summed E-state index contributed by atoms with van der Waals surface area (Å²) in [7, 11) is 0. The van der Waals surface area contributed by atoms with Crippen LogP contribution in [0.3, 0.4) is 0 Å². The fraction of sp³-hybridized carbons (Fsp3) is 0.900. The molecule has 6 heteroatoms. The highest BCUT2D eigenvalue weighted by atomic mass is 16.7. The van der Waals surface area contributed by atoms with Crippen LogP contribution in [-0.4, -0.2) is 42.2 Å². The minimum Gasteiger partial charge on any atom is -0.396 e. The molecule has 0 aromatic rings. The van der Waals surface area contributed by atoms with E-state index >= 15 is 0 Å². The number of rotatable bonds is 3. The topological polar surface area (TPSA) is 79.8 Å². The van der Waals surface area contributed by atoms with Crippen LogP contribution in [0.1, 0.15) is 20.3 Å². The zero-order valence-electron chi connectivity index (χ0n) is 9.53. The highest BCUT2D eigenvalue weighted by Gasteiger charge is 2.45. The Morgan fingerprint density at radius 1 is 1.56 bits per heavy atom. The summed E-state index contributed by atoms with van der Waals surface area (Å²) in [6.07, 6.45) is 0.273. The number of aliphatic hydroxyl groups is 1. The summed E-state index contributed by atoms with van der Waals surface area (Å²) >= 11 is 0. The third-order valence-electron chi connectivity index (χ3n) is 3.00. The van der Waals surface area contributed by atoms with Crippen molar-refractivity contribution < 1.29 is 19.4 Å². The number of ether oxygens (including phenoxy) is 2. The van der Waals surface area contributed by atoms with Gasteiger partial charge in [0.2, 0.25) is 5.91 Å². The lowest BCUT2D eigenvalue weighted by Gasteiger charge is -2.23. The first-order chi connectivity index (χ1) is 7.53. The molecular formula is C10H18N2O4. The number of nitrogens with one attached hydrogen (secondary N) is 2. The molecule has 0 spiro atoms. The molecule has 0 aromatic heterocycles. The standard InChI is InChI=1S/C10H18N2O4/c1-10(2)15-5-7(16-10)8-6(3-4-13)9(14)12-11-8/h6-8,11,13H,3-5H2,1-2H3,(H,12,14)/t6-,7+,8+/m0/s1. The molecule has 0 aliphatic carbocycles. The number of carbonyl (C=O) groups excluding carboxylic acids is 1. The van der Waals surface area contributed by atoms with Crippen molar-refractivity contribution >= 4 is 5.91 Å². The van der Waals surface area contributed by atoms with Gasteiger partial charge >= 0.3 is 0 Å². The predicted molar refractivity (Wildman–Crippen MR) is 55.2 cm³/mol. The minimum absolute atomic E-state index is 0.00671. The number of hydrogen-bond donors (Lipinski definition) is 3. The number of carbonyl (C=O) groups is 1. The smallest absolute Gasteiger partial charge is 0.239 e. The Kier molecular flexibility index (Phi) is 3.16. The zero-order valence-corrected chi connectivity index (χ0v) is 9.53. The molecule has 2 fully saturated rings. The van der Waals surface area contributed by atoms with Crippen LogP contribution in [0.2, 0.25) is 0 Å². The van der Waals surface area contributed by atoms with Crippen molar-refractivity contribution in [1.29, 1.82) is 0 Å². The van der Waals surface area contributed by atoms with Crippen LogP contribution in [0.4, 0.5) is 0 Å². The zero-order chi connectivity index (χ0) is 11.8. The van der Waals surface area contributed by atoms with Gasteiger partial charge in [-0.15, -0.1) is 0 Å². The van der Waals surface area contributed by atoms with Gasteiger partial charge in [-0.25, -0.2) is 5.43 Å². The van der Waals surface area contributed by atoms with Gasteiger partial charge < -0.3 is 14.6 Å². The molecule has 1 amide bonds. The van der Waals surface area contributed by atoms with E-state index in [2.05, 4.69) is 10.9 Å². The van der Waals surface area contributed by atoms with E-state index in [9.17, 15) is 4.79 Å². The monoisotopic (exact) mass is 230 g/mol. The van der Waals surface area contributed by atoms with Crippen molar-refractivity contribution in [3.8, 4) is 0 Å². The summed E-state index contributed by atoms with van der Waals surface area (Å²) in [6, 6.07) is -0.138. The van der Waals surface area contributed by atoms with Gasteiger partial charge in [0.15, 0.2) is 5.79 Å². The van der Waals surface area contributed by atoms with Crippen molar-refractivity contribution in [2.45, 2.75) is 38.2 Å². The van der Waals surface area contributed by atoms with Gasteiger partial charge in [0.05, 0.1) is 18.6 Å². The van der Waals surface area contributed by atoms with Gasteiger partial charge in [-0.05, 0) is 20.3 Å². The minimum atomic E-state index is -0.595. The van der Waals surface area contributed by atoms with Gasteiger partial charge in [-0.1, -0.05) is 0 Å². The molecule has 0 radical (unpaired) electrons. The van der Waals surface area contributed by atoms with E-state index in [1.807, 2.05) is 13.8 Å². The molecule has 6 nitrogen and oxygen atoms in total. The fourth-order valence-electron chi connectivity index (χ4n) is 2.21. The average Bonchev–Trinajstić information content (AvgIpc) is 2.72.